The molecular weight excluding hydrogens is 320 g/mol. The lowest BCUT2D eigenvalue weighted by Gasteiger charge is -2.17. The van der Waals surface area contributed by atoms with E-state index in [1.165, 1.54) is 11.3 Å². The topological polar surface area (TPSA) is 62.1 Å². The predicted octanol–water partition coefficient (Wildman–Crippen LogP) is 4.55. The molecule has 126 valence electrons. The lowest BCUT2D eigenvalue weighted by atomic mass is 9.86. The Bertz CT molecular complexity index is 774. The fraction of sp³-hybridized carbons (Fsp3) is 0.368. The molecule has 0 spiro atoms. The van der Waals surface area contributed by atoms with Crippen LogP contribution in [0.15, 0.2) is 23.6 Å². The number of aryl methyl sites for hydroxylation is 2. The van der Waals surface area contributed by atoms with Crippen molar-refractivity contribution in [2.24, 2.45) is 0 Å². The quantitative estimate of drug-likeness (QED) is 0.886. The number of carbonyl (C=O) groups excluding carboxylic acids is 1. The molecule has 0 aliphatic rings. The first-order valence-electron chi connectivity index (χ1n) is 7.75. The van der Waals surface area contributed by atoms with Gasteiger partial charge in [0, 0.05) is 0 Å². The second-order valence-electron chi connectivity index (χ2n) is 6.77. The summed E-state index contributed by atoms with van der Waals surface area (Å²) in [5.74, 6) is 0.464. The van der Waals surface area contributed by atoms with E-state index in [0.29, 0.717) is 10.6 Å². The van der Waals surface area contributed by atoms with Crippen molar-refractivity contribution in [3.8, 4) is 11.8 Å². The van der Waals surface area contributed by atoms with Crippen LogP contribution < -0.4 is 10.1 Å². The van der Waals surface area contributed by atoms with Gasteiger partial charge in [-0.25, -0.2) is 0 Å². The lowest BCUT2D eigenvalue weighted by Crippen LogP contribution is -2.21. The molecule has 1 amide bonds. The van der Waals surface area contributed by atoms with E-state index < -0.39 is 0 Å². The molecule has 0 radical (unpaired) electrons. The number of hydrogen-bond donors (Lipinski definition) is 1. The first-order valence-corrected chi connectivity index (χ1v) is 8.63. The molecule has 0 fully saturated rings. The minimum Gasteiger partial charge on any atom is -0.483 e. The fourth-order valence-electron chi connectivity index (χ4n) is 2.44. The van der Waals surface area contributed by atoms with E-state index in [2.05, 4.69) is 11.4 Å². The Kier molecular flexibility index (Phi) is 5.30. The minimum absolute atomic E-state index is 0.0840. The molecule has 1 N–H and O–H groups in total. The van der Waals surface area contributed by atoms with Crippen LogP contribution in [-0.2, 0) is 10.2 Å². The molecule has 0 atom stereocenters. The normalized spacial score (nSPS) is 11.0. The molecule has 24 heavy (non-hydrogen) atoms. The molecule has 0 bridgehead atoms. The van der Waals surface area contributed by atoms with Crippen LogP contribution in [-0.4, -0.2) is 12.5 Å². The van der Waals surface area contributed by atoms with Gasteiger partial charge < -0.3 is 10.1 Å². The van der Waals surface area contributed by atoms with Gasteiger partial charge in [0.05, 0.1) is 5.56 Å². The summed E-state index contributed by atoms with van der Waals surface area (Å²) in [5, 5.41) is 14.7. The molecular formula is C19H22N2O2S. The second-order valence-corrected chi connectivity index (χ2v) is 7.65. The van der Waals surface area contributed by atoms with Crippen LogP contribution in [0.2, 0.25) is 0 Å². The maximum atomic E-state index is 12.2. The van der Waals surface area contributed by atoms with Gasteiger partial charge in [0.1, 0.15) is 16.8 Å². The number of rotatable bonds is 4. The number of amides is 1. The molecule has 1 aromatic heterocycles. The highest BCUT2D eigenvalue weighted by atomic mass is 32.1. The first-order chi connectivity index (χ1) is 11.2. The average molecular weight is 342 g/mol. The number of thiophene rings is 1. The Balaban J connectivity index is 2.09. The van der Waals surface area contributed by atoms with E-state index in [4.69, 9.17) is 4.74 Å². The van der Waals surface area contributed by atoms with Crippen molar-refractivity contribution in [3.63, 3.8) is 0 Å². The summed E-state index contributed by atoms with van der Waals surface area (Å²) in [6.45, 7) is 9.95. The largest absolute Gasteiger partial charge is 0.483 e. The highest BCUT2D eigenvalue weighted by Crippen LogP contribution is 2.35. The molecule has 1 heterocycles. The number of benzene rings is 1. The molecule has 1 aromatic carbocycles. The Morgan fingerprint density at radius 2 is 1.92 bits per heavy atom. The zero-order chi connectivity index (χ0) is 17.9. The molecule has 0 aliphatic heterocycles. The van der Waals surface area contributed by atoms with E-state index in [9.17, 15) is 10.1 Å². The molecule has 2 rings (SSSR count). The van der Waals surface area contributed by atoms with Crippen molar-refractivity contribution >= 4 is 22.2 Å². The van der Waals surface area contributed by atoms with Crippen LogP contribution >= 0.6 is 11.3 Å². The molecule has 4 nitrogen and oxygen atoms in total. The molecule has 0 saturated heterocycles. The van der Waals surface area contributed by atoms with Crippen molar-refractivity contribution in [3.05, 3.63) is 45.8 Å². The summed E-state index contributed by atoms with van der Waals surface area (Å²) in [6, 6.07) is 8.05. The van der Waals surface area contributed by atoms with Gasteiger partial charge in [-0.1, -0.05) is 39.0 Å². The standard InChI is InChI=1S/C19H22N2O2S/c1-12-7-6-8-13(2)17(12)23-10-16(22)21-18-14(9-20)15(11-24-18)19(3,4)5/h6-8,11H,10H2,1-5H3,(H,21,22). The van der Waals surface area contributed by atoms with Crippen LogP contribution in [0.4, 0.5) is 5.00 Å². The average Bonchev–Trinajstić information content (AvgIpc) is 2.89. The molecule has 0 aliphatic carbocycles. The van der Waals surface area contributed by atoms with Crippen LogP contribution in [0, 0.1) is 25.2 Å². The van der Waals surface area contributed by atoms with Crippen molar-refractivity contribution in [1.29, 1.82) is 5.26 Å². The van der Waals surface area contributed by atoms with Gasteiger partial charge >= 0.3 is 0 Å². The Hall–Kier alpha value is -2.32. The summed E-state index contributed by atoms with van der Waals surface area (Å²) in [6.07, 6.45) is 0. The maximum Gasteiger partial charge on any atom is 0.262 e. The zero-order valence-corrected chi connectivity index (χ0v) is 15.5. The predicted molar refractivity (Wildman–Crippen MR) is 97.8 cm³/mol. The summed E-state index contributed by atoms with van der Waals surface area (Å²) in [5.41, 5.74) is 3.33. The van der Waals surface area contributed by atoms with E-state index >= 15 is 0 Å². The van der Waals surface area contributed by atoms with Gasteiger partial charge in [-0.05, 0) is 41.3 Å². The Morgan fingerprint density at radius 1 is 1.29 bits per heavy atom. The summed E-state index contributed by atoms with van der Waals surface area (Å²) < 4.78 is 5.66. The van der Waals surface area contributed by atoms with Crippen molar-refractivity contribution < 1.29 is 9.53 Å². The van der Waals surface area contributed by atoms with Gasteiger partial charge in [-0.3, -0.25) is 4.79 Å². The first kappa shape index (κ1) is 18.0. The van der Waals surface area contributed by atoms with Crippen LogP contribution in [0.25, 0.3) is 0 Å². The third kappa shape index (κ3) is 3.95. The third-order valence-electron chi connectivity index (χ3n) is 3.72. The molecule has 0 unspecified atom stereocenters. The molecule has 2 aromatic rings. The van der Waals surface area contributed by atoms with Crippen molar-refractivity contribution in [1.82, 2.24) is 0 Å². The maximum absolute atomic E-state index is 12.2. The van der Waals surface area contributed by atoms with Crippen molar-refractivity contribution in [2.45, 2.75) is 40.0 Å². The van der Waals surface area contributed by atoms with Crippen LogP contribution in [0.5, 0.6) is 5.75 Å². The van der Waals surface area contributed by atoms with Gasteiger partial charge in [0.2, 0.25) is 0 Å². The number of anilines is 1. The van der Waals surface area contributed by atoms with Crippen LogP contribution in [0.3, 0.4) is 0 Å². The summed E-state index contributed by atoms with van der Waals surface area (Å²) in [4.78, 5) is 12.2. The van der Waals surface area contributed by atoms with Crippen LogP contribution in [0.1, 0.15) is 43.0 Å². The Labute approximate surface area is 147 Å². The number of carbonyl (C=O) groups is 1. The highest BCUT2D eigenvalue weighted by molar-refractivity contribution is 7.14. The van der Waals surface area contributed by atoms with Gasteiger partial charge in [0.25, 0.3) is 5.91 Å². The zero-order valence-electron chi connectivity index (χ0n) is 14.7. The second kappa shape index (κ2) is 7.06. The summed E-state index contributed by atoms with van der Waals surface area (Å²) in [7, 11) is 0. The third-order valence-corrected chi connectivity index (χ3v) is 4.62. The van der Waals surface area contributed by atoms with E-state index in [1.807, 2.05) is 58.2 Å². The monoisotopic (exact) mass is 342 g/mol. The lowest BCUT2D eigenvalue weighted by molar-refractivity contribution is -0.118. The van der Waals surface area contributed by atoms with Gasteiger partial charge in [0.15, 0.2) is 6.61 Å². The SMILES string of the molecule is Cc1cccc(C)c1OCC(=O)Nc1scc(C(C)(C)C)c1C#N. The highest BCUT2D eigenvalue weighted by Gasteiger charge is 2.23. The number of nitriles is 1. The van der Waals surface area contributed by atoms with Gasteiger partial charge in [-0.15, -0.1) is 11.3 Å². The minimum atomic E-state index is -0.267. The van der Waals surface area contributed by atoms with Gasteiger partial charge in [-0.2, -0.15) is 5.26 Å². The van der Waals surface area contributed by atoms with E-state index in [-0.39, 0.29) is 17.9 Å². The summed E-state index contributed by atoms with van der Waals surface area (Å²) >= 11 is 1.37. The van der Waals surface area contributed by atoms with E-state index in [1.54, 1.807) is 0 Å². The molecule has 5 heteroatoms. The number of nitrogens with one attached hydrogen (secondary N) is 1. The number of ether oxygens (including phenoxy) is 1. The number of hydrogen-bond acceptors (Lipinski definition) is 4. The number of nitrogens with zero attached hydrogens (tertiary/aromatic N) is 1. The molecule has 0 saturated carbocycles. The Morgan fingerprint density at radius 3 is 2.46 bits per heavy atom. The van der Waals surface area contributed by atoms with Crippen molar-refractivity contribution in [2.75, 3.05) is 11.9 Å². The van der Waals surface area contributed by atoms with E-state index in [0.717, 1.165) is 22.4 Å². The fourth-order valence-corrected chi connectivity index (χ4v) is 3.59. The number of para-hydroxylation sites is 1. The smallest absolute Gasteiger partial charge is 0.262 e.